The van der Waals surface area contributed by atoms with Crippen LogP contribution in [-0.4, -0.2) is 10.1 Å². The zero-order valence-corrected chi connectivity index (χ0v) is 8.73. The Morgan fingerprint density at radius 3 is 2.85 bits per heavy atom. The number of hydrogen-bond donors (Lipinski definition) is 1. The molecule has 13 heavy (non-hydrogen) atoms. The molecule has 1 N–H and O–H groups in total. The van der Waals surface area contributed by atoms with Gasteiger partial charge in [0.2, 0.25) is 0 Å². The summed E-state index contributed by atoms with van der Waals surface area (Å²) < 4.78 is 0. The van der Waals surface area contributed by atoms with Crippen LogP contribution in [0.15, 0.2) is 22.9 Å². The Kier molecular flexibility index (Phi) is 2.44. The van der Waals surface area contributed by atoms with Gasteiger partial charge in [-0.3, -0.25) is 0 Å². The van der Waals surface area contributed by atoms with Crippen molar-refractivity contribution >= 4 is 22.7 Å². The summed E-state index contributed by atoms with van der Waals surface area (Å²) >= 11 is 3.17. The smallest absolute Gasteiger partial charge is 0.122 e. The van der Waals surface area contributed by atoms with Crippen LogP contribution in [0.3, 0.4) is 0 Å². The van der Waals surface area contributed by atoms with Crippen molar-refractivity contribution in [3.05, 3.63) is 27.9 Å². The van der Waals surface area contributed by atoms with Crippen LogP contribution in [0.25, 0.3) is 10.6 Å². The fraction of sp³-hybridized carbons (Fsp3) is 0.222. The molecule has 2 nitrogen and oxygen atoms in total. The second-order valence-electron chi connectivity index (χ2n) is 2.72. The van der Waals surface area contributed by atoms with Crippen LogP contribution in [0, 0.1) is 0 Å². The molecule has 0 aliphatic rings. The highest BCUT2D eigenvalue weighted by molar-refractivity contribution is 7.14. The molecule has 0 aliphatic carbocycles. The first kappa shape index (κ1) is 8.87. The lowest BCUT2D eigenvalue weighted by Crippen LogP contribution is -1.88. The summed E-state index contributed by atoms with van der Waals surface area (Å²) in [5.74, 6) is 0. The molecule has 2 rings (SSSR count). The number of aliphatic hydroxyl groups is 1. The maximum atomic E-state index is 9.29. The highest BCUT2D eigenvalue weighted by Crippen LogP contribution is 2.28. The van der Waals surface area contributed by atoms with Crippen molar-refractivity contribution in [2.75, 3.05) is 0 Å². The van der Waals surface area contributed by atoms with Crippen molar-refractivity contribution in [1.82, 2.24) is 4.98 Å². The van der Waals surface area contributed by atoms with Gasteiger partial charge in [-0.1, -0.05) is 6.07 Å². The summed E-state index contributed by atoms with van der Waals surface area (Å²) in [7, 11) is 0. The van der Waals surface area contributed by atoms with Gasteiger partial charge in [-0.25, -0.2) is 4.98 Å². The monoisotopic (exact) mass is 211 g/mol. The molecule has 0 amide bonds. The van der Waals surface area contributed by atoms with E-state index in [0.717, 1.165) is 15.6 Å². The molecule has 0 radical (unpaired) electrons. The molecule has 2 aromatic heterocycles. The second kappa shape index (κ2) is 3.57. The van der Waals surface area contributed by atoms with Gasteiger partial charge in [-0.2, -0.15) is 0 Å². The lowest BCUT2D eigenvalue weighted by atomic mass is 10.4. The minimum Gasteiger partial charge on any atom is -0.386 e. The average Bonchev–Trinajstić information content (AvgIpc) is 2.75. The standard InChI is InChI=1S/C9H9NOS2/c1-6(11)9-10-7(5-13-9)8-3-2-4-12-8/h2-6,11H,1H3. The molecular weight excluding hydrogens is 202 g/mol. The van der Waals surface area contributed by atoms with Gasteiger partial charge in [0.1, 0.15) is 11.1 Å². The molecule has 4 heteroatoms. The van der Waals surface area contributed by atoms with Crippen LogP contribution in [0.5, 0.6) is 0 Å². The van der Waals surface area contributed by atoms with Gasteiger partial charge in [0, 0.05) is 5.38 Å². The van der Waals surface area contributed by atoms with E-state index >= 15 is 0 Å². The first-order valence-corrected chi connectivity index (χ1v) is 5.70. The summed E-state index contributed by atoms with van der Waals surface area (Å²) in [6, 6.07) is 4.03. The van der Waals surface area contributed by atoms with E-state index in [1.54, 1.807) is 18.3 Å². The van der Waals surface area contributed by atoms with Crippen molar-refractivity contribution in [2.24, 2.45) is 0 Å². The van der Waals surface area contributed by atoms with Gasteiger partial charge in [-0.05, 0) is 18.4 Å². The van der Waals surface area contributed by atoms with Crippen LogP contribution in [0.1, 0.15) is 18.0 Å². The van der Waals surface area contributed by atoms with E-state index in [1.807, 2.05) is 22.9 Å². The first-order valence-electron chi connectivity index (χ1n) is 3.95. The third-order valence-corrected chi connectivity index (χ3v) is 3.56. The number of hydrogen-bond acceptors (Lipinski definition) is 4. The van der Waals surface area contributed by atoms with E-state index in [2.05, 4.69) is 4.98 Å². The molecule has 0 aliphatic heterocycles. The predicted octanol–water partition coefficient (Wildman–Crippen LogP) is 2.92. The molecule has 0 saturated carbocycles. The molecule has 0 fully saturated rings. The molecule has 0 bridgehead atoms. The molecule has 2 aromatic rings. The number of thiophene rings is 1. The fourth-order valence-electron chi connectivity index (χ4n) is 1.02. The number of aliphatic hydroxyl groups excluding tert-OH is 1. The minimum atomic E-state index is -0.460. The van der Waals surface area contributed by atoms with Crippen LogP contribution < -0.4 is 0 Å². The second-order valence-corrected chi connectivity index (χ2v) is 4.56. The van der Waals surface area contributed by atoms with Crippen LogP contribution in [0.2, 0.25) is 0 Å². The van der Waals surface area contributed by atoms with Crippen molar-refractivity contribution in [2.45, 2.75) is 13.0 Å². The summed E-state index contributed by atoms with van der Waals surface area (Å²) in [6.07, 6.45) is -0.460. The Bertz CT molecular complexity index is 378. The van der Waals surface area contributed by atoms with E-state index in [9.17, 15) is 5.11 Å². The zero-order chi connectivity index (χ0) is 9.26. The molecule has 2 heterocycles. The number of thiazole rings is 1. The Morgan fingerprint density at radius 2 is 2.31 bits per heavy atom. The normalized spacial score (nSPS) is 13.1. The number of nitrogens with zero attached hydrogens (tertiary/aromatic N) is 1. The third kappa shape index (κ3) is 1.80. The van der Waals surface area contributed by atoms with Crippen molar-refractivity contribution in [1.29, 1.82) is 0 Å². The van der Waals surface area contributed by atoms with Crippen LogP contribution in [-0.2, 0) is 0 Å². The van der Waals surface area contributed by atoms with E-state index in [-0.39, 0.29) is 0 Å². The first-order chi connectivity index (χ1) is 6.27. The van der Waals surface area contributed by atoms with Gasteiger partial charge in [0.15, 0.2) is 0 Å². The van der Waals surface area contributed by atoms with E-state index in [4.69, 9.17) is 0 Å². The Hall–Kier alpha value is -0.710. The molecular formula is C9H9NOS2. The highest BCUT2D eigenvalue weighted by Gasteiger charge is 2.08. The lowest BCUT2D eigenvalue weighted by molar-refractivity contribution is 0.199. The fourth-order valence-corrected chi connectivity index (χ4v) is 2.54. The zero-order valence-electron chi connectivity index (χ0n) is 7.10. The largest absolute Gasteiger partial charge is 0.386 e. The SMILES string of the molecule is CC(O)c1nc(-c2cccs2)cs1. The average molecular weight is 211 g/mol. The van der Waals surface area contributed by atoms with Gasteiger partial charge >= 0.3 is 0 Å². The highest BCUT2D eigenvalue weighted by atomic mass is 32.1. The van der Waals surface area contributed by atoms with Gasteiger partial charge < -0.3 is 5.11 Å². The van der Waals surface area contributed by atoms with Crippen LogP contribution in [0.4, 0.5) is 0 Å². The minimum absolute atomic E-state index is 0.460. The van der Waals surface area contributed by atoms with E-state index in [1.165, 1.54) is 11.3 Å². The number of rotatable bonds is 2. The van der Waals surface area contributed by atoms with Gasteiger partial charge in [-0.15, -0.1) is 22.7 Å². The van der Waals surface area contributed by atoms with E-state index < -0.39 is 6.10 Å². The summed E-state index contributed by atoms with van der Waals surface area (Å²) in [4.78, 5) is 5.49. The summed E-state index contributed by atoms with van der Waals surface area (Å²) in [6.45, 7) is 1.73. The Balaban J connectivity index is 2.33. The van der Waals surface area contributed by atoms with E-state index in [0.29, 0.717) is 0 Å². The maximum Gasteiger partial charge on any atom is 0.122 e. The molecule has 0 spiro atoms. The quantitative estimate of drug-likeness (QED) is 0.828. The van der Waals surface area contributed by atoms with Gasteiger partial charge in [0.25, 0.3) is 0 Å². The van der Waals surface area contributed by atoms with Crippen molar-refractivity contribution < 1.29 is 5.11 Å². The predicted molar refractivity (Wildman–Crippen MR) is 56.1 cm³/mol. The Labute approximate surface area is 84.5 Å². The maximum absolute atomic E-state index is 9.29. The lowest BCUT2D eigenvalue weighted by Gasteiger charge is -1.95. The molecule has 1 atom stereocenters. The summed E-state index contributed by atoms with van der Waals surface area (Å²) in [5, 5.41) is 14.1. The Morgan fingerprint density at radius 1 is 1.46 bits per heavy atom. The number of aromatic nitrogens is 1. The molecule has 0 saturated heterocycles. The molecule has 1 unspecified atom stereocenters. The van der Waals surface area contributed by atoms with Crippen molar-refractivity contribution in [3.8, 4) is 10.6 Å². The van der Waals surface area contributed by atoms with Gasteiger partial charge in [0.05, 0.1) is 10.6 Å². The topological polar surface area (TPSA) is 33.1 Å². The molecule has 0 aromatic carbocycles. The summed E-state index contributed by atoms with van der Waals surface area (Å²) in [5.41, 5.74) is 0.968. The third-order valence-electron chi connectivity index (χ3n) is 1.65. The molecule has 68 valence electrons. The van der Waals surface area contributed by atoms with Crippen LogP contribution >= 0.6 is 22.7 Å². The van der Waals surface area contributed by atoms with Crippen molar-refractivity contribution in [3.63, 3.8) is 0 Å².